The molecule has 3 aliphatic rings. The van der Waals surface area contributed by atoms with Crippen LogP contribution in [0.5, 0.6) is 5.75 Å². The first kappa shape index (κ1) is 23.2. The minimum absolute atomic E-state index is 0.0533. The van der Waals surface area contributed by atoms with Gasteiger partial charge in [0.15, 0.2) is 0 Å². The van der Waals surface area contributed by atoms with Crippen LogP contribution in [-0.2, 0) is 14.4 Å². The van der Waals surface area contributed by atoms with Gasteiger partial charge in [0.25, 0.3) is 5.69 Å². The Hall–Kier alpha value is -3.53. The lowest BCUT2D eigenvalue weighted by Gasteiger charge is -2.28. The summed E-state index contributed by atoms with van der Waals surface area (Å²) in [4.78, 5) is 52.0. The number of ether oxygens (including phenoxy) is 1. The van der Waals surface area contributed by atoms with E-state index in [4.69, 9.17) is 4.74 Å². The molecule has 35 heavy (non-hydrogen) atoms. The largest absolute Gasteiger partial charge is 0.495 e. The minimum Gasteiger partial charge on any atom is -0.495 e. The molecule has 2 aromatic carbocycles. The highest BCUT2D eigenvalue weighted by Gasteiger charge is 2.60. The Morgan fingerprint density at radius 3 is 2.46 bits per heavy atom. The summed E-state index contributed by atoms with van der Waals surface area (Å²) in [5.74, 6) is -1.40. The number of nitrogens with one attached hydrogen (secondary N) is 1. The minimum atomic E-state index is -0.817. The Kier molecular flexibility index (Phi) is 5.92. The predicted octanol–water partition coefficient (Wildman–Crippen LogP) is 4.24. The van der Waals surface area contributed by atoms with E-state index < -0.39 is 16.9 Å². The van der Waals surface area contributed by atoms with E-state index in [1.165, 1.54) is 30.2 Å². The van der Waals surface area contributed by atoms with Crippen LogP contribution in [0, 0.1) is 33.8 Å². The Bertz CT molecular complexity index is 1250. The summed E-state index contributed by atoms with van der Waals surface area (Å²) in [7, 11) is 1.39. The molecule has 1 heterocycles. The number of hydrogen-bond donors (Lipinski definition) is 1. The number of carbonyl (C=O) groups is 3. The number of anilines is 1. The number of non-ortho nitro benzene ring substituents is 1. The molecule has 1 N–H and O–H groups in total. The molecule has 2 bridgehead atoms. The van der Waals surface area contributed by atoms with Crippen molar-refractivity contribution in [2.75, 3.05) is 12.4 Å². The van der Waals surface area contributed by atoms with Gasteiger partial charge in [-0.1, -0.05) is 40.2 Å². The SMILES string of the molecule is COc1ccc([N+](=O)[O-])cc1NC(=O)CC(c1cccc(Br)c1)N1C(=O)C2C3C=CC(C3)C2C1=O. The second-order valence-corrected chi connectivity index (χ2v) is 9.93. The number of fused-ring (bicyclic) bond motifs is 5. The van der Waals surface area contributed by atoms with Crippen LogP contribution >= 0.6 is 15.9 Å². The zero-order valence-corrected chi connectivity index (χ0v) is 20.3. The first-order valence-electron chi connectivity index (χ1n) is 11.2. The highest BCUT2D eigenvalue weighted by molar-refractivity contribution is 9.10. The zero-order chi connectivity index (χ0) is 24.9. The Morgan fingerprint density at radius 1 is 1.17 bits per heavy atom. The van der Waals surface area contributed by atoms with Gasteiger partial charge < -0.3 is 10.1 Å². The normalized spacial score (nSPS) is 25.0. The number of nitro benzene ring substituents is 1. The van der Waals surface area contributed by atoms with E-state index in [9.17, 15) is 24.5 Å². The van der Waals surface area contributed by atoms with E-state index in [-0.39, 0.29) is 59.0 Å². The van der Waals surface area contributed by atoms with Crippen LogP contribution in [0.3, 0.4) is 0 Å². The highest BCUT2D eigenvalue weighted by Crippen LogP contribution is 2.54. The number of nitrogens with zero attached hydrogens (tertiary/aromatic N) is 2. The molecular formula is C25H22BrN3O6. The second kappa shape index (κ2) is 8.92. The topological polar surface area (TPSA) is 119 Å². The Labute approximate surface area is 209 Å². The molecule has 0 radical (unpaired) electrons. The Balaban J connectivity index is 1.45. The van der Waals surface area contributed by atoms with Crippen LogP contribution in [0.2, 0.25) is 0 Å². The number of likely N-dealkylation sites (tertiary alicyclic amines) is 1. The van der Waals surface area contributed by atoms with Crippen molar-refractivity contribution in [1.82, 2.24) is 4.90 Å². The van der Waals surface area contributed by atoms with Crippen LogP contribution in [0.15, 0.2) is 59.1 Å². The van der Waals surface area contributed by atoms with Crippen molar-refractivity contribution in [2.24, 2.45) is 23.7 Å². The van der Waals surface area contributed by atoms with E-state index in [1.54, 1.807) is 18.2 Å². The van der Waals surface area contributed by atoms with Crippen LogP contribution < -0.4 is 10.1 Å². The van der Waals surface area contributed by atoms with Crippen molar-refractivity contribution >= 4 is 45.0 Å². The standard InChI is InChI=1S/C25H22BrN3O6/c1-35-20-8-7-17(29(33)34)11-18(20)27-21(30)12-19(13-3-2-4-16(26)10-13)28-24(31)22-14-5-6-15(9-14)23(22)25(28)32/h2-8,10-11,14-15,19,22-23H,9,12H2,1H3,(H,27,30). The molecule has 3 amide bonds. The number of halogens is 1. The third-order valence-electron chi connectivity index (χ3n) is 7.10. The van der Waals surface area contributed by atoms with E-state index in [2.05, 4.69) is 21.2 Å². The summed E-state index contributed by atoms with van der Waals surface area (Å²) in [5.41, 5.74) is 0.575. The second-order valence-electron chi connectivity index (χ2n) is 9.01. The molecule has 2 aromatic rings. The highest BCUT2D eigenvalue weighted by atomic mass is 79.9. The summed E-state index contributed by atoms with van der Waals surface area (Å²) in [5, 5.41) is 13.9. The van der Waals surface area contributed by atoms with Gasteiger partial charge in [-0.3, -0.25) is 29.4 Å². The lowest BCUT2D eigenvalue weighted by Crippen LogP contribution is -2.38. The fraction of sp³-hybridized carbons (Fsp3) is 0.320. The molecule has 1 aliphatic heterocycles. The van der Waals surface area contributed by atoms with Gasteiger partial charge in [-0.2, -0.15) is 0 Å². The molecule has 5 atom stereocenters. The van der Waals surface area contributed by atoms with Crippen molar-refractivity contribution < 1.29 is 24.0 Å². The van der Waals surface area contributed by atoms with Crippen LogP contribution in [0.25, 0.3) is 0 Å². The summed E-state index contributed by atoms with van der Waals surface area (Å²) in [6, 6.07) is 10.2. The molecule has 2 aliphatic carbocycles. The van der Waals surface area contributed by atoms with Gasteiger partial charge in [-0.05, 0) is 42.0 Å². The van der Waals surface area contributed by atoms with Crippen LogP contribution in [0.4, 0.5) is 11.4 Å². The molecular weight excluding hydrogens is 518 g/mol. The van der Waals surface area contributed by atoms with Crippen molar-refractivity contribution in [3.8, 4) is 5.75 Å². The molecule has 10 heteroatoms. The molecule has 5 unspecified atom stereocenters. The van der Waals surface area contributed by atoms with E-state index in [1.807, 2.05) is 18.2 Å². The van der Waals surface area contributed by atoms with E-state index in [0.29, 0.717) is 5.56 Å². The Morgan fingerprint density at radius 2 is 1.86 bits per heavy atom. The summed E-state index contributed by atoms with van der Waals surface area (Å²) >= 11 is 3.43. The van der Waals surface area contributed by atoms with Gasteiger partial charge in [0.2, 0.25) is 17.7 Å². The zero-order valence-electron chi connectivity index (χ0n) is 18.7. The predicted molar refractivity (Wildman–Crippen MR) is 129 cm³/mol. The van der Waals surface area contributed by atoms with Gasteiger partial charge in [0.1, 0.15) is 5.75 Å². The number of amides is 3. The van der Waals surface area contributed by atoms with E-state index >= 15 is 0 Å². The van der Waals surface area contributed by atoms with Gasteiger partial charge in [-0.25, -0.2) is 0 Å². The maximum atomic E-state index is 13.5. The molecule has 0 aromatic heterocycles. The van der Waals surface area contributed by atoms with E-state index in [0.717, 1.165) is 10.9 Å². The first-order valence-corrected chi connectivity index (χ1v) is 12.0. The smallest absolute Gasteiger partial charge is 0.271 e. The van der Waals surface area contributed by atoms with Gasteiger partial charge in [-0.15, -0.1) is 0 Å². The number of hydrogen-bond acceptors (Lipinski definition) is 6. The summed E-state index contributed by atoms with van der Waals surface area (Å²) in [6.07, 6.45) is 4.66. The average Bonchev–Trinajstić information content (AvgIpc) is 3.51. The lowest BCUT2D eigenvalue weighted by molar-refractivity contribution is -0.384. The number of rotatable bonds is 7. The molecule has 9 nitrogen and oxygen atoms in total. The fourth-order valence-electron chi connectivity index (χ4n) is 5.59. The lowest BCUT2D eigenvalue weighted by atomic mass is 9.85. The maximum Gasteiger partial charge on any atom is 0.271 e. The number of benzene rings is 2. The van der Waals surface area contributed by atoms with Gasteiger partial charge in [0, 0.05) is 16.6 Å². The fourth-order valence-corrected chi connectivity index (χ4v) is 6.01. The van der Waals surface area contributed by atoms with Gasteiger partial charge >= 0.3 is 0 Å². The monoisotopic (exact) mass is 539 g/mol. The first-order chi connectivity index (χ1) is 16.8. The molecule has 2 fully saturated rings. The third kappa shape index (κ3) is 4.01. The summed E-state index contributed by atoms with van der Waals surface area (Å²) in [6.45, 7) is 0. The summed E-state index contributed by atoms with van der Waals surface area (Å²) < 4.78 is 5.98. The molecule has 1 saturated heterocycles. The molecule has 1 saturated carbocycles. The van der Waals surface area contributed by atoms with Crippen molar-refractivity contribution in [2.45, 2.75) is 18.9 Å². The van der Waals surface area contributed by atoms with Crippen molar-refractivity contribution in [3.63, 3.8) is 0 Å². The molecule has 0 spiro atoms. The quantitative estimate of drug-likeness (QED) is 0.243. The van der Waals surface area contributed by atoms with Crippen LogP contribution in [-0.4, -0.2) is 34.7 Å². The van der Waals surface area contributed by atoms with Crippen molar-refractivity contribution in [1.29, 1.82) is 0 Å². The van der Waals surface area contributed by atoms with Crippen LogP contribution in [0.1, 0.15) is 24.4 Å². The van der Waals surface area contributed by atoms with Crippen molar-refractivity contribution in [3.05, 3.63) is 74.8 Å². The molecule has 5 rings (SSSR count). The number of carbonyl (C=O) groups excluding carboxylic acids is 3. The number of methoxy groups -OCH3 is 1. The number of imide groups is 1. The average molecular weight is 540 g/mol. The maximum absolute atomic E-state index is 13.5. The number of allylic oxidation sites excluding steroid dienone is 2. The third-order valence-corrected chi connectivity index (χ3v) is 7.59. The molecule has 180 valence electrons. The van der Waals surface area contributed by atoms with Gasteiger partial charge in [0.05, 0.1) is 42.0 Å². The number of nitro groups is 1.